The first-order valence-electron chi connectivity index (χ1n) is 9.36. The zero-order valence-corrected chi connectivity index (χ0v) is 16.8. The second-order valence-corrected chi connectivity index (χ2v) is 7.42. The first-order chi connectivity index (χ1) is 13.6. The fourth-order valence-corrected chi connectivity index (χ4v) is 4.46. The van der Waals surface area contributed by atoms with E-state index in [2.05, 4.69) is 0 Å². The Bertz CT molecular complexity index is 950. The molecule has 0 unspecified atom stereocenters. The summed E-state index contributed by atoms with van der Waals surface area (Å²) in [6, 6.07) is 15.0. The second kappa shape index (κ2) is 7.36. The molecular formula is C22H22N2O3S. The summed E-state index contributed by atoms with van der Waals surface area (Å²) >= 11 is 5.76. The van der Waals surface area contributed by atoms with Gasteiger partial charge in [0.15, 0.2) is 11.5 Å². The molecule has 5 nitrogen and oxygen atoms in total. The lowest BCUT2D eigenvalue weighted by Gasteiger charge is -2.32. The molecule has 0 radical (unpaired) electrons. The Balaban J connectivity index is 1.74. The second-order valence-electron chi connectivity index (χ2n) is 7.03. The number of hydrogen-bond acceptors (Lipinski definition) is 5. The SMILES string of the molecule is COc1ccc(C(=O)N2C(=S)C(c3ccccc3)=NC23CCCC3)cc1OC. The van der Waals surface area contributed by atoms with Gasteiger partial charge in [0.1, 0.15) is 16.4 Å². The molecule has 1 aliphatic carbocycles. The minimum absolute atomic E-state index is 0.150. The molecule has 4 rings (SSSR count). The summed E-state index contributed by atoms with van der Waals surface area (Å²) < 4.78 is 10.7. The normalized spacial score (nSPS) is 17.7. The summed E-state index contributed by atoms with van der Waals surface area (Å²) in [5.74, 6) is 0.950. The number of aliphatic imine (C=N–C) groups is 1. The van der Waals surface area contributed by atoms with Crippen LogP contribution in [0.3, 0.4) is 0 Å². The van der Waals surface area contributed by atoms with Gasteiger partial charge in [0, 0.05) is 11.1 Å². The standard InChI is InChI=1S/C22H22N2O3S/c1-26-17-11-10-16(14-18(17)27-2)20(25)24-21(28)19(15-8-4-3-5-9-15)23-22(24)12-6-7-13-22/h3-5,8-11,14H,6-7,12-13H2,1-2H3. The maximum absolute atomic E-state index is 13.5. The molecule has 1 heterocycles. The van der Waals surface area contributed by atoms with Crippen LogP contribution in [-0.4, -0.2) is 41.4 Å². The molecular weight excluding hydrogens is 372 g/mol. The highest BCUT2D eigenvalue weighted by Crippen LogP contribution is 2.42. The Kier molecular flexibility index (Phi) is 4.89. The Hall–Kier alpha value is -2.73. The van der Waals surface area contributed by atoms with Gasteiger partial charge in [-0.1, -0.05) is 42.5 Å². The van der Waals surface area contributed by atoms with Crippen molar-refractivity contribution in [1.29, 1.82) is 0 Å². The molecule has 144 valence electrons. The van der Waals surface area contributed by atoms with Gasteiger partial charge in [-0.3, -0.25) is 14.7 Å². The van der Waals surface area contributed by atoms with Gasteiger partial charge in [0.2, 0.25) is 0 Å². The smallest absolute Gasteiger partial charge is 0.261 e. The van der Waals surface area contributed by atoms with Crippen molar-refractivity contribution < 1.29 is 14.3 Å². The zero-order chi connectivity index (χ0) is 19.7. The van der Waals surface area contributed by atoms with Gasteiger partial charge in [-0.25, -0.2) is 0 Å². The van der Waals surface area contributed by atoms with Crippen LogP contribution < -0.4 is 9.47 Å². The molecule has 0 N–H and O–H groups in total. The molecule has 2 aromatic rings. The van der Waals surface area contributed by atoms with Crippen molar-refractivity contribution in [1.82, 2.24) is 4.90 Å². The fraction of sp³-hybridized carbons (Fsp3) is 0.318. The third-order valence-electron chi connectivity index (χ3n) is 5.43. The molecule has 1 amide bonds. The van der Waals surface area contributed by atoms with Crippen LogP contribution in [0.25, 0.3) is 0 Å². The Labute approximate surface area is 170 Å². The molecule has 1 aliphatic heterocycles. The lowest BCUT2D eigenvalue weighted by Crippen LogP contribution is -2.48. The van der Waals surface area contributed by atoms with Crippen molar-refractivity contribution in [2.75, 3.05) is 14.2 Å². The van der Waals surface area contributed by atoms with Gasteiger partial charge in [0.05, 0.1) is 14.2 Å². The van der Waals surface area contributed by atoms with Crippen molar-refractivity contribution in [2.45, 2.75) is 31.3 Å². The molecule has 28 heavy (non-hydrogen) atoms. The van der Waals surface area contributed by atoms with E-state index >= 15 is 0 Å². The van der Waals surface area contributed by atoms with E-state index in [1.54, 1.807) is 37.3 Å². The van der Waals surface area contributed by atoms with E-state index in [4.69, 9.17) is 26.7 Å². The lowest BCUT2D eigenvalue weighted by atomic mass is 10.1. The summed E-state index contributed by atoms with van der Waals surface area (Å²) in [6.45, 7) is 0. The van der Waals surface area contributed by atoms with Gasteiger partial charge >= 0.3 is 0 Å². The number of carbonyl (C=O) groups is 1. The molecule has 0 saturated heterocycles. The fourth-order valence-electron chi connectivity index (χ4n) is 4.04. The highest BCUT2D eigenvalue weighted by atomic mass is 32.1. The average Bonchev–Trinajstić information content (AvgIpc) is 3.32. The Morgan fingerprint density at radius 2 is 1.71 bits per heavy atom. The maximum atomic E-state index is 13.5. The maximum Gasteiger partial charge on any atom is 0.261 e. The monoisotopic (exact) mass is 394 g/mol. The van der Waals surface area contributed by atoms with Gasteiger partial charge < -0.3 is 9.47 Å². The van der Waals surface area contributed by atoms with Crippen LogP contribution in [-0.2, 0) is 0 Å². The third-order valence-corrected chi connectivity index (χ3v) is 5.80. The zero-order valence-electron chi connectivity index (χ0n) is 16.0. The number of ether oxygens (including phenoxy) is 2. The minimum atomic E-state index is -0.577. The van der Waals surface area contributed by atoms with E-state index in [1.807, 2.05) is 30.3 Å². The van der Waals surface area contributed by atoms with Crippen LogP contribution in [0.15, 0.2) is 53.5 Å². The third kappa shape index (κ3) is 2.98. The quantitative estimate of drug-likeness (QED) is 0.728. The molecule has 1 saturated carbocycles. The molecule has 1 spiro atoms. The van der Waals surface area contributed by atoms with Gasteiger partial charge in [0.25, 0.3) is 5.91 Å². The van der Waals surface area contributed by atoms with Crippen molar-refractivity contribution in [3.63, 3.8) is 0 Å². The largest absolute Gasteiger partial charge is 0.493 e. The number of nitrogens with zero attached hydrogens (tertiary/aromatic N) is 2. The highest BCUT2D eigenvalue weighted by Gasteiger charge is 2.50. The summed E-state index contributed by atoms with van der Waals surface area (Å²) in [5.41, 5.74) is 1.61. The molecule has 0 aromatic heterocycles. The molecule has 0 atom stereocenters. The average molecular weight is 394 g/mol. The molecule has 0 bridgehead atoms. The molecule has 1 fully saturated rings. The van der Waals surface area contributed by atoms with Crippen LogP contribution in [0.2, 0.25) is 0 Å². The number of amides is 1. The van der Waals surface area contributed by atoms with Crippen molar-refractivity contribution in [2.24, 2.45) is 4.99 Å². The number of thiocarbonyl (C=S) groups is 1. The number of hydrogen-bond donors (Lipinski definition) is 0. The Morgan fingerprint density at radius 1 is 1.04 bits per heavy atom. The molecule has 6 heteroatoms. The van der Waals surface area contributed by atoms with E-state index in [1.165, 1.54) is 0 Å². The highest BCUT2D eigenvalue weighted by molar-refractivity contribution is 7.82. The predicted molar refractivity (Wildman–Crippen MR) is 112 cm³/mol. The van der Waals surface area contributed by atoms with E-state index < -0.39 is 5.66 Å². The minimum Gasteiger partial charge on any atom is -0.493 e. The molecule has 2 aliphatic rings. The summed E-state index contributed by atoms with van der Waals surface area (Å²) in [5, 5.41) is 0. The number of methoxy groups -OCH3 is 2. The summed E-state index contributed by atoms with van der Waals surface area (Å²) in [7, 11) is 3.13. The Morgan fingerprint density at radius 3 is 2.36 bits per heavy atom. The van der Waals surface area contributed by atoms with Crippen molar-refractivity contribution in [3.05, 3.63) is 59.7 Å². The van der Waals surface area contributed by atoms with Gasteiger partial charge in [-0.05, 0) is 43.9 Å². The first kappa shape index (κ1) is 18.6. The first-order valence-corrected chi connectivity index (χ1v) is 9.77. The van der Waals surface area contributed by atoms with Crippen LogP contribution in [0.4, 0.5) is 0 Å². The van der Waals surface area contributed by atoms with Gasteiger partial charge in [-0.2, -0.15) is 0 Å². The van der Waals surface area contributed by atoms with E-state index in [0.717, 1.165) is 37.0 Å². The van der Waals surface area contributed by atoms with Crippen LogP contribution in [0, 0.1) is 0 Å². The van der Waals surface area contributed by atoms with E-state index in [0.29, 0.717) is 22.1 Å². The van der Waals surface area contributed by atoms with Crippen LogP contribution in [0.1, 0.15) is 41.6 Å². The van der Waals surface area contributed by atoms with Gasteiger partial charge in [-0.15, -0.1) is 0 Å². The lowest BCUT2D eigenvalue weighted by molar-refractivity contribution is 0.0724. The predicted octanol–water partition coefficient (Wildman–Crippen LogP) is 4.25. The van der Waals surface area contributed by atoms with Crippen molar-refractivity contribution >= 4 is 28.8 Å². The number of carbonyl (C=O) groups excluding carboxylic acids is 1. The summed E-state index contributed by atoms with van der Waals surface area (Å²) in [6.07, 6.45) is 3.71. The van der Waals surface area contributed by atoms with E-state index in [-0.39, 0.29) is 5.91 Å². The topological polar surface area (TPSA) is 51.1 Å². The van der Waals surface area contributed by atoms with Crippen LogP contribution >= 0.6 is 12.2 Å². The summed E-state index contributed by atoms with van der Waals surface area (Å²) in [4.78, 5) is 20.7. The number of rotatable bonds is 4. The van der Waals surface area contributed by atoms with Crippen LogP contribution in [0.5, 0.6) is 11.5 Å². The molecule has 2 aromatic carbocycles. The van der Waals surface area contributed by atoms with E-state index in [9.17, 15) is 4.79 Å². The van der Waals surface area contributed by atoms with Crippen molar-refractivity contribution in [3.8, 4) is 11.5 Å². The number of benzene rings is 2.